The Bertz CT molecular complexity index is 146. The van der Waals surface area contributed by atoms with Crippen molar-refractivity contribution >= 4 is 0 Å². The van der Waals surface area contributed by atoms with Crippen LogP contribution in [0.5, 0.6) is 0 Å². The van der Waals surface area contributed by atoms with Crippen molar-refractivity contribution in [1.82, 2.24) is 0 Å². The fourth-order valence-electron chi connectivity index (χ4n) is 1.93. The maximum absolute atomic E-state index is 9.50. The summed E-state index contributed by atoms with van der Waals surface area (Å²) in [6.45, 7) is 7.16. The van der Waals surface area contributed by atoms with Crippen LogP contribution in [0.4, 0.5) is 0 Å². The smallest absolute Gasteiger partial charge is 0.154 e. The Kier molecular flexibility index (Phi) is 12.3. The predicted molar refractivity (Wildman–Crippen MR) is 74.0 cm³/mol. The summed E-state index contributed by atoms with van der Waals surface area (Å²) >= 11 is 0. The Morgan fingerprint density at radius 2 is 1.41 bits per heavy atom. The van der Waals surface area contributed by atoms with Crippen LogP contribution in [0.1, 0.15) is 78.6 Å². The first-order valence-corrected chi connectivity index (χ1v) is 7.46. The molecule has 0 aliphatic rings. The molecule has 0 spiro atoms. The second kappa shape index (κ2) is 12.4. The Balaban J connectivity index is 3.07. The van der Waals surface area contributed by atoms with Crippen LogP contribution in [0.25, 0.3) is 0 Å². The van der Waals surface area contributed by atoms with Gasteiger partial charge >= 0.3 is 0 Å². The zero-order valence-electron chi connectivity index (χ0n) is 12.1. The van der Waals surface area contributed by atoms with Gasteiger partial charge in [0, 0.05) is 13.0 Å². The van der Waals surface area contributed by atoms with Crippen molar-refractivity contribution in [3.8, 4) is 0 Å². The van der Waals surface area contributed by atoms with Gasteiger partial charge in [-0.25, -0.2) is 0 Å². The first-order chi connectivity index (χ1) is 8.16. The van der Waals surface area contributed by atoms with Crippen LogP contribution in [0.2, 0.25) is 0 Å². The third-order valence-corrected chi connectivity index (χ3v) is 2.98. The molecule has 0 aromatic rings. The second-order valence-electron chi connectivity index (χ2n) is 5.43. The lowest BCUT2D eigenvalue weighted by molar-refractivity contribution is -0.110. The van der Waals surface area contributed by atoms with Crippen molar-refractivity contribution in [2.45, 2.75) is 84.8 Å². The molecule has 0 amide bonds. The molecule has 0 saturated heterocycles. The lowest BCUT2D eigenvalue weighted by Gasteiger charge is -2.13. The van der Waals surface area contributed by atoms with Gasteiger partial charge in [0.2, 0.25) is 0 Å². The zero-order chi connectivity index (χ0) is 12.9. The number of aliphatic hydroxyl groups is 1. The van der Waals surface area contributed by atoms with E-state index in [1.807, 2.05) is 0 Å². The zero-order valence-corrected chi connectivity index (χ0v) is 12.1. The Labute approximate surface area is 108 Å². The van der Waals surface area contributed by atoms with Crippen molar-refractivity contribution in [1.29, 1.82) is 0 Å². The quantitative estimate of drug-likeness (QED) is 0.404. The summed E-state index contributed by atoms with van der Waals surface area (Å²) in [6.07, 6.45) is 10.7. The highest BCUT2D eigenvalue weighted by Gasteiger charge is 2.05. The standard InChI is InChI=1S/C15H32O2/c1-4-5-6-7-8-9-10-11-12-17-15(16)13-14(2)3/h14-16H,4-13H2,1-3H3. The molecule has 0 aliphatic carbocycles. The van der Waals surface area contributed by atoms with Crippen LogP contribution >= 0.6 is 0 Å². The Morgan fingerprint density at radius 3 is 1.94 bits per heavy atom. The summed E-state index contributed by atoms with van der Waals surface area (Å²) in [5.41, 5.74) is 0. The monoisotopic (exact) mass is 244 g/mol. The molecular formula is C15H32O2. The van der Waals surface area contributed by atoms with Gasteiger partial charge in [0.1, 0.15) is 0 Å². The average Bonchev–Trinajstić information content (AvgIpc) is 2.26. The van der Waals surface area contributed by atoms with E-state index >= 15 is 0 Å². The normalized spacial score (nSPS) is 13.2. The molecule has 0 bridgehead atoms. The molecule has 2 heteroatoms. The number of unbranched alkanes of at least 4 members (excludes halogenated alkanes) is 7. The summed E-state index contributed by atoms with van der Waals surface area (Å²) in [6, 6.07) is 0. The fraction of sp³-hybridized carbons (Fsp3) is 1.00. The highest BCUT2D eigenvalue weighted by Crippen LogP contribution is 2.10. The minimum Gasteiger partial charge on any atom is -0.368 e. The van der Waals surface area contributed by atoms with Gasteiger partial charge in [0.15, 0.2) is 6.29 Å². The molecule has 0 saturated carbocycles. The molecule has 17 heavy (non-hydrogen) atoms. The topological polar surface area (TPSA) is 29.5 Å². The van der Waals surface area contributed by atoms with E-state index in [0.29, 0.717) is 12.5 Å². The third kappa shape index (κ3) is 13.9. The van der Waals surface area contributed by atoms with Gasteiger partial charge in [-0.15, -0.1) is 0 Å². The number of hydrogen-bond acceptors (Lipinski definition) is 2. The molecular weight excluding hydrogens is 212 g/mol. The largest absolute Gasteiger partial charge is 0.368 e. The maximum Gasteiger partial charge on any atom is 0.154 e. The van der Waals surface area contributed by atoms with E-state index in [4.69, 9.17) is 4.74 Å². The molecule has 1 atom stereocenters. The third-order valence-electron chi connectivity index (χ3n) is 2.98. The molecule has 0 aromatic carbocycles. The highest BCUT2D eigenvalue weighted by molar-refractivity contribution is 4.49. The van der Waals surface area contributed by atoms with Crippen LogP contribution in [0, 0.1) is 5.92 Å². The van der Waals surface area contributed by atoms with Gasteiger partial charge in [-0.1, -0.05) is 65.7 Å². The summed E-state index contributed by atoms with van der Waals surface area (Å²) in [4.78, 5) is 0. The van der Waals surface area contributed by atoms with E-state index < -0.39 is 6.29 Å². The first-order valence-electron chi connectivity index (χ1n) is 7.46. The molecule has 0 aliphatic heterocycles. The van der Waals surface area contributed by atoms with Crippen molar-refractivity contribution in [3.05, 3.63) is 0 Å². The number of ether oxygens (including phenoxy) is 1. The lowest BCUT2D eigenvalue weighted by Crippen LogP contribution is -2.15. The molecule has 1 unspecified atom stereocenters. The van der Waals surface area contributed by atoms with Crippen LogP contribution in [0.3, 0.4) is 0 Å². The van der Waals surface area contributed by atoms with Crippen molar-refractivity contribution in [2.75, 3.05) is 6.61 Å². The first kappa shape index (κ1) is 16.9. The number of rotatable bonds is 12. The fourth-order valence-corrected chi connectivity index (χ4v) is 1.93. The van der Waals surface area contributed by atoms with Gasteiger partial charge in [0.25, 0.3) is 0 Å². The van der Waals surface area contributed by atoms with Crippen molar-refractivity contribution in [2.24, 2.45) is 5.92 Å². The molecule has 0 rings (SSSR count). The van der Waals surface area contributed by atoms with E-state index in [1.165, 1.54) is 44.9 Å². The maximum atomic E-state index is 9.50. The molecule has 2 nitrogen and oxygen atoms in total. The molecule has 0 fully saturated rings. The lowest BCUT2D eigenvalue weighted by atomic mass is 10.1. The van der Waals surface area contributed by atoms with Crippen LogP contribution in [0.15, 0.2) is 0 Å². The number of hydrogen-bond donors (Lipinski definition) is 1. The summed E-state index contributed by atoms with van der Waals surface area (Å²) in [5, 5.41) is 9.50. The van der Waals surface area contributed by atoms with E-state index in [1.54, 1.807) is 0 Å². The van der Waals surface area contributed by atoms with Crippen LogP contribution in [-0.2, 0) is 4.74 Å². The molecule has 0 aromatic heterocycles. The Morgan fingerprint density at radius 1 is 0.882 bits per heavy atom. The van der Waals surface area contributed by atoms with Crippen LogP contribution in [-0.4, -0.2) is 18.0 Å². The van der Waals surface area contributed by atoms with E-state index in [-0.39, 0.29) is 0 Å². The van der Waals surface area contributed by atoms with Crippen LogP contribution < -0.4 is 0 Å². The minimum absolute atomic E-state index is 0.503. The van der Waals surface area contributed by atoms with Gasteiger partial charge in [-0.3, -0.25) is 0 Å². The van der Waals surface area contributed by atoms with Gasteiger partial charge in [0.05, 0.1) is 0 Å². The molecule has 0 radical (unpaired) electrons. The Hall–Kier alpha value is -0.0800. The summed E-state index contributed by atoms with van der Waals surface area (Å²) in [5.74, 6) is 0.503. The molecule has 0 heterocycles. The second-order valence-corrected chi connectivity index (χ2v) is 5.43. The molecule has 1 N–H and O–H groups in total. The van der Waals surface area contributed by atoms with E-state index in [9.17, 15) is 5.11 Å². The SMILES string of the molecule is CCCCCCCCCCOC(O)CC(C)C. The van der Waals surface area contributed by atoms with Crippen molar-refractivity contribution in [3.63, 3.8) is 0 Å². The predicted octanol–water partition coefficient (Wildman–Crippen LogP) is 4.51. The van der Waals surface area contributed by atoms with Crippen molar-refractivity contribution < 1.29 is 9.84 Å². The molecule has 104 valence electrons. The summed E-state index contributed by atoms with van der Waals surface area (Å²) < 4.78 is 5.35. The van der Waals surface area contributed by atoms with E-state index in [0.717, 1.165) is 12.8 Å². The highest BCUT2D eigenvalue weighted by atomic mass is 16.6. The van der Waals surface area contributed by atoms with Gasteiger partial charge in [-0.05, 0) is 12.3 Å². The average molecular weight is 244 g/mol. The minimum atomic E-state index is -0.556. The van der Waals surface area contributed by atoms with Gasteiger partial charge < -0.3 is 9.84 Å². The number of aliphatic hydroxyl groups excluding tert-OH is 1. The summed E-state index contributed by atoms with van der Waals surface area (Å²) in [7, 11) is 0. The van der Waals surface area contributed by atoms with E-state index in [2.05, 4.69) is 20.8 Å². The van der Waals surface area contributed by atoms with Gasteiger partial charge in [-0.2, -0.15) is 0 Å².